The van der Waals surface area contributed by atoms with Gasteiger partial charge in [0.05, 0.1) is 41.0 Å². The summed E-state index contributed by atoms with van der Waals surface area (Å²) >= 11 is 4.82. The molecule has 11 nitrogen and oxygen atoms in total. The Morgan fingerprint density at radius 3 is 2.53 bits per heavy atom. The van der Waals surface area contributed by atoms with Crippen LogP contribution in [0.1, 0.15) is 64.7 Å². The first kappa shape index (κ1) is 35.2. The van der Waals surface area contributed by atoms with Crippen LogP contribution in [-0.4, -0.2) is 85.2 Å². The van der Waals surface area contributed by atoms with Crippen molar-refractivity contribution in [2.24, 2.45) is 0 Å². The van der Waals surface area contributed by atoms with Crippen molar-refractivity contribution in [3.63, 3.8) is 0 Å². The zero-order chi connectivity index (χ0) is 32.6. The Morgan fingerprint density at radius 1 is 1.13 bits per heavy atom. The molecule has 0 aliphatic carbocycles. The number of hydrogen-bond donors (Lipinski definition) is 6. The normalized spacial score (nSPS) is 23.0. The highest BCUT2D eigenvalue weighted by molar-refractivity contribution is 9.10. The highest BCUT2D eigenvalue weighted by Crippen LogP contribution is 2.41. The van der Waals surface area contributed by atoms with Gasteiger partial charge in [0.15, 0.2) is 0 Å². The maximum absolute atomic E-state index is 12.9. The van der Waals surface area contributed by atoms with E-state index in [0.29, 0.717) is 21.5 Å². The molecule has 1 aliphatic heterocycles. The molecule has 1 fully saturated rings. The van der Waals surface area contributed by atoms with Crippen LogP contribution in [0.25, 0.3) is 20.8 Å². The number of benzene rings is 2. The number of hydrogen-bond acceptors (Lipinski definition) is 10. The number of fused-ring (bicyclic) bond motifs is 1. The second-order valence-corrected chi connectivity index (χ2v) is 13.3. The lowest BCUT2D eigenvalue weighted by Crippen LogP contribution is -2.68. The average Bonchev–Trinajstić information content (AvgIpc) is 3.46. The van der Waals surface area contributed by atoms with Gasteiger partial charge in [0.25, 0.3) is 0 Å². The van der Waals surface area contributed by atoms with E-state index in [9.17, 15) is 35.1 Å². The molecule has 0 saturated carbocycles. The number of aliphatic carboxylic acids is 1. The molecule has 1 aliphatic rings. The van der Waals surface area contributed by atoms with Crippen molar-refractivity contribution in [3.05, 3.63) is 46.9 Å². The zero-order valence-electron chi connectivity index (χ0n) is 25.1. The summed E-state index contributed by atoms with van der Waals surface area (Å²) in [6, 6.07) is 11.1. The number of unbranched alkanes of at least 4 members (excludes halogenated alkanes) is 6. The number of ether oxygens (including phenoxy) is 2. The fourth-order valence-electron chi connectivity index (χ4n) is 5.42. The van der Waals surface area contributed by atoms with Crippen LogP contribution >= 0.6 is 27.3 Å². The van der Waals surface area contributed by atoms with Crippen LogP contribution in [0.15, 0.2) is 46.9 Å². The van der Waals surface area contributed by atoms with Crippen LogP contribution in [0.4, 0.5) is 0 Å². The maximum atomic E-state index is 12.9. The Labute approximate surface area is 274 Å². The molecule has 0 radical (unpaired) electrons. The minimum Gasteiger partial charge on any atom is -0.476 e. The van der Waals surface area contributed by atoms with E-state index in [1.807, 2.05) is 24.3 Å². The van der Waals surface area contributed by atoms with E-state index in [4.69, 9.17) is 9.47 Å². The van der Waals surface area contributed by atoms with Gasteiger partial charge < -0.3 is 40.3 Å². The van der Waals surface area contributed by atoms with E-state index < -0.39 is 61.1 Å². The first-order valence-electron chi connectivity index (χ1n) is 15.3. The van der Waals surface area contributed by atoms with Crippen LogP contribution in [0.2, 0.25) is 0 Å². The minimum absolute atomic E-state index is 0.0872. The standard InChI is InChI=1S/C32H41BrN2O9S/c1-2-3-4-5-6-7-8-13-26(39)35-27-22(37)17-32(31(41)42,44-29(27)28(40)23(38)18-36)43-24-15-14-19(33)16-20(24)30-34-21-11-9-10-12-25(21)45-30/h9-12,14-16,22-23,27-29,36-38,40H,2-8,13,17-18H2,1H3,(H,35,39)(H,41,42). The molecule has 1 amide bonds. The van der Waals surface area contributed by atoms with Gasteiger partial charge in [-0.25, -0.2) is 9.78 Å². The van der Waals surface area contributed by atoms with E-state index in [2.05, 4.69) is 33.2 Å². The molecule has 1 saturated heterocycles. The third-order valence-corrected chi connectivity index (χ3v) is 9.46. The van der Waals surface area contributed by atoms with Crippen molar-refractivity contribution < 1.29 is 44.6 Å². The molecular weight excluding hydrogens is 668 g/mol. The van der Waals surface area contributed by atoms with Crippen LogP contribution in [-0.2, 0) is 14.3 Å². The summed E-state index contributed by atoms with van der Waals surface area (Å²) < 4.78 is 13.6. The Bertz CT molecular complexity index is 1410. The number of aliphatic hydroxyl groups excluding tert-OH is 4. The number of nitrogens with zero attached hydrogens (tertiary/aromatic N) is 1. The molecule has 3 aromatic rings. The lowest BCUT2D eigenvalue weighted by molar-refractivity contribution is -0.284. The second-order valence-electron chi connectivity index (χ2n) is 11.3. The summed E-state index contributed by atoms with van der Waals surface area (Å²) in [5, 5.41) is 55.7. The molecule has 6 N–H and O–H groups in total. The molecular formula is C32H41BrN2O9S. The van der Waals surface area contributed by atoms with Gasteiger partial charge in [-0.05, 0) is 36.8 Å². The fourth-order valence-corrected chi connectivity index (χ4v) is 6.77. The fraction of sp³-hybridized carbons (Fsp3) is 0.531. The Balaban J connectivity index is 1.58. The summed E-state index contributed by atoms with van der Waals surface area (Å²) in [6.45, 7) is 1.28. The van der Waals surface area contributed by atoms with Crippen molar-refractivity contribution in [2.45, 2.75) is 101 Å². The molecule has 0 bridgehead atoms. The van der Waals surface area contributed by atoms with Gasteiger partial charge >= 0.3 is 11.8 Å². The maximum Gasteiger partial charge on any atom is 0.377 e. The number of carboxylic acids is 1. The highest BCUT2D eigenvalue weighted by Gasteiger charge is 2.57. The average molecular weight is 710 g/mol. The Kier molecular flexibility index (Phi) is 12.7. The molecule has 45 heavy (non-hydrogen) atoms. The first-order chi connectivity index (χ1) is 21.6. The number of aliphatic hydroxyl groups is 4. The molecule has 2 aromatic carbocycles. The lowest BCUT2D eigenvalue weighted by Gasteiger charge is -2.46. The number of para-hydroxylation sites is 1. The Hall–Kier alpha value is -2.65. The third-order valence-electron chi connectivity index (χ3n) is 7.89. The second kappa shape index (κ2) is 16.3. The summed E-state index contributed by atoms with van der Waals surface area (Å²) in [5.41, 5.74) is 1.21. The molecule has 246 valence electrons. The first-order valence-corrected chi connectivity index (χ1v) is 16.9. The highest BCUT2D eigenvalue weighted by atomic mass is 79.9. The number of amides is 1. The number of aromatic nitrogens is 1. The minimum atomic E-state index is -2.53. The van der Waals surface area contributed by atoms with E-state index in [-0.39, 0.29) is 12.2 Å². The van der Waals surface area contributed by atoms with E-state index in [1.54, 1.807) is 12.1 Å². The molecule has 2 heterocycles. The molecule has 1 aromatic heterocycles. The van der Waals surface area contributed by atoms with Gasteiger partial charge in [-0.15, -0.1) is 11.3 Å². The lowest BCUT2D eigenvalue weighted by atomic mass is 9.88. The molecule has 0 spiro atoms. The van der Waals surface area contributed by atoms with Crippen LogP contribution in [0.3, 0.4) is 0 Å². The summed E-state index contributed by atoms with van der Waals surface area (Å²) in [4.78, 5) is 30.4. The van der Waals surface area contributed by atoms with Gasteiger partial charge in [-0.3, -0.25) is 4.79 Å². The van der Waals surface area contributed by atoms with E-state index >= 15 is 0 Å². The number of nitrogens with one attached hydrogen (secondary N) is 1. The predicted molar refractivity (Wildman–Crippen MR) is 173 cm³/mol. The third kappa shape index (κ3) is 8.79. The number of rotatable bonds is 16. The number of carbonyl (C=O) groups is 2. The number of thiazole rings is 1. The quantitative estimate of drug-likeness (QED) is 0.117. The van der Waals surface area contributed by atoms with Crippen LogP contribution in [0, 0.1) is 0 Å². The van der Waals surface area contributed by atoms with Crippen molar-refractivity contribution in [3.8, 4) is 16.3 Å². The SMILES string of the molecule is CCCCCCCCCC(=O)NC1C(O)CC(Oc2ccc(Br)cc2-c2nc3ccccc3s2)(C(=O)O)OC1C(O)C(O)CO. The van der Waals surface area contributed by atoms with Crippen molar-refractivity contribution in [1.82, 2.24) is 10.3 Å². The predicted octanol–water partition coefficient (Wildman–Crippen LogP) is 4.37. The van der Waals surface area contributed by atoms with Gasteiger partial charge in [0.1, 0.15) is 29.1 Å². The van der Waals surface area contributed by atoms with Crippen LogP contribution in [0.5, 0.6) is 5.75 Å². The summed E-state index contributed by atoms with van der Waals surface area (Å²) in [7, 11) is 0. The molecule has 13 heteroatoms. The number of carbonyl (C=O) groups excluding carboxylic acids is 1. The number of carboxylic acid groups (broad SMARTS) is 1. The van der Waals surface area contributed by atoms with Gasteiger partial charge in [-0.2, -0.15) is 0 Å². The van der Waals surface area contributed by atoms with Crippen molar-refractivity contribution in [1.29, 1.82) is 0 Å². The van der Waals surface area contributed by atoms with Crippen molar-refractivity contribution >= 4 is 49.4 Å². The van der Waals surface area contributed by atoms with Crippen LogP contribution < -0.4 is 10.1 Å². The topological polar surface area (TPSA) is 179 Å². The van der Waals surface area contributed by atoms with E-state index in [0.717, 1.165) is 42.3 Å². The van der Waals surface area contributed by atoms with Gasteiger partial charge in [0, 0.05) is 10.9 Å². The smallest absolute Gasteiger partial charge is 0.377 e. The Morgan fingerprint density at radius 2 is 1.84 bits per heavy atom. The van der Waals surface area contributed by atoms with Gasteiger partial charge in [0.2, 0.25) is 5.91 Å². The zero-order valence-corrected chi connectivity index (χ0v) is 27.5. The molecule has 4 rings (SSSR count). The largest absolute Gasteiger partial charge is 0.476 e. The summed E-state index contributed by atoms with van der Waals surface area (Å²) in [5.74, 6) is -4.45. The molecule has 6 atom stereocenters. The van der Waals surface area contributed by atoms with E-state index in [1.165, 1.54) is 23.8 Å². The summed E-state index contributed by atoms with van der Waals surface area (Å²) in [6.07, 6.45) is -0.234. The van der Waals surface area contributed by atoms with Gasteiger partial charge in [-0.1, -0.05) is 73.5 Å². The number of halogens is 1. The monoisotopic (exact) mass is 708 g/mol. The van der Waals surface area contributed by atoms with Crippen molar-refractivity contribution in [2.75, 3.05) is 6.61 Å². The molecule has 6 unspecified atom stereocenters.